The number of thiazole rings is 1. The van der Waals surface area contributed by atoms with Crippen molar-refractivity contribution in [1.82, 2.24) is 19.9 Å². The molecule has 1 aliphatic heterocycles. The van der Waals surface area contributed by atoms with Crippen LogP contribution >= 0.6 is 11.3 Å². The number of carbonyl (C=O) groups excluding carboxylic acids is 1. The van der Waals surface area contributed by atoms with E-state index in [4.69, 9.17) is 15.2 Å². The number of nitrogens with zero attached hydrogens (tertiary/aromatic N) is 5. The molecule has 0 spiro atoms. The average Bonchev–Trinajstić information content (AvgIpc) is 3.39. The maximum Gasteiger partial charge on any atom is 0.341 e. The van der Waals surface area contributed by atoms with Crippen LogP contribution in [0.5, 0.6) is 0 Å². The van der Waals surface area contributed by atoms with Crippen molar-refractivity contribution in [3.8, 4) is 17.3 Å². The fourth-order valence-corrected chi connectivity index (χ4v) is 5.00. The van der Waals surface area contributed by atoms with Gasteiger partial charge in [0.15, 0.2) is 0 Å². The van der Waals surface area contributed by atoms with Crippen molar-refractivity contribution in [2.24, 2.45) is 12.0 Å². The van der Waals surface area contributed by atoms with Crippen molar-refractivity contribution in [3.05, 3.63) is 70.3 Å². The summed E-state index contributed by atoms with van der Waals surface area (Å²) in [6.45, 7) is 1.86. The van der Waals surface area contributed by atoms with E-state index in [1.54, 1.807) is 12.1 Å². The summed E-state index contributed by atoms with van der Waals surface area (Å²) < 4.78 is 2.01. The van der Waals surface area contributed by atoms with Gasteiger partial charge in [-0.05, 0) is 31.2 Å². The summed E-state index contributed by atoms with van der Waals surface area (Å²) in [6, 6.07) is 16.6. The predicted octanol–water partition coefficient (Wildman–Crippen LogP) is 4.58. The molecule has 152 valence electrons. The number of hydrogen-bond acceptors (Lipinski definition) is 5. The van der Waals surface area contributed by atoms with Crippen LogP contribution in [-0.2, 0) is 7.05 Å². The van der Waals surface area contributed by atoms with Crippen molar-refractivity contribution in [2.45, 2.75) is 18.9 Å². The van der Waals surface area contributed by atoms with Gasteiger partial charge >= 0.3 is 6.03 Å². The molecule has 0 fully saturated rings. The fourth-order valence-electron chi connectivity index (χ4n) is 3.98. The third-order valence-corrected chi connectivity index (χ3v) is 6.47. The van der Waals surface area contributed by atoms with Crippen LogP contribution < -0.4 is 5.32 Å². The van der Waals surface area contributed by atoms with Crippen molar-refractivity contribution in [1.29, 1.82) is 5.26 Å². The van der Waals surface area contributed by atoms with Crippen LogP contribution in [0.1, 0.15) is 35.3 Å². The van der Waals surface area contributed by atoms with Crippen LogP contribution in [0.15, 0.2) is 58.9 Å². The van der Waals surface area contributed by atoms with Gasteiger partial charge in [-0.15, -0.1) is 11.3 Å². The number of aliphatic imine (C=N–C) groups is 1. The highest BCUT2D eigenvalue weighted by Gasteiger charge is 2.37. The Hall–Kier alpha value is -3.83. The van der Waals surface area contributed by atoms with Gasteiger partial charge in [-0.1, -0.05) is 24.3 Å². The monoisotopic (exact) mass is 426 g/mol. The van der Waals surface area contributed by atoms with Crippen molar-refractivity contribution in [3.63, 3.8) is 0 Å². The number of urea groups is 1. The van der Waals surface area contributed by atoms with E-state index in [0.717, 1.165) is 33.1 Å². The molecule has 2 aromatic heterocycles. The van der Waals surface area contributed by atoms with Crippen LogP contribution in [0.4, 0.5) is 4.79 Å². The molecule has 7 nitrogen and oxygen atoms in total. The molecule has 2 atom stereocenters. The minimum absolute atomic E-state index is 0.217. The summed E-state index contributed by atoms with van der Waals surface area (Å²) in [6.07, 6.45) is 0. The Labute approximate surface area is 182 Å². The van der Waals surface area contributed by atoms with Gasteiger partial charge in [0.05, 0.1) is 34.3 Å². The first-order valence-corrected chi connectivity index (χ1v) is 10.7. The molecule has 1 aliphatic rings. The molecule has 0 aliphatic carbocycles. The minimum Gasteiger partial charge on any atom is -0.329 e. The highest BCUT2D eigenvalue weighted by atomic mass is 32.1. The second-order valence-electron chi connectivity index (χ2n) is 7.44. The lowest BCUT2D eigenvalue weighted by atomic mass is 9.93. The summed E-state index contributed by atoms with van der Waals surface area (Å²) in [7, 11) is 1.96. The van der Waals surface area contributed by atoms with Gasteiger partial charge in [0.25, 0.3) is 0 Å². The molecule has 0 saturated heterocycles. The van der Waals surface area contributed by atoms with E-state index >= 15 is 0 Å². The number of para-hydroxylation sites is 2. The van der Waals surface area contributed by atoms with Crippen LogP contribution in [-0.4, -0.2) is 26.3 Å². The van der Waals surface area contributed by atoms with Crippen molar-refractivity contribution in [2.75, 3.05) is 0 Å². The standard InChI is InChI=1S/C23H18N6OS/c1-13-19(22-27-17(12-31-22)15-9-7-14(11-24)8-10-15)20(28-23(30)25-13)21-26-16-5-3-4-6-18(16)29(21)2/h3-10,12,19-20H,1-2H3,(H,28,30). The molecule has 5 rings (SSSR count). The molecular weight excluding hydrogens is 408 g/mol. The summed E-state index contributed by atoms with van der Waals surface area (Å²) in [5, 5.41) is 14.9. The van der Waals surface area contributed by atoms with E-state index < -0.39 is 0 Å². The maximum absolute atomic E-state index is 12.3. The summed E-state index contributed by atoms with van der Waals surface area (Å²) in [4.78, 5) is 26.1. The number of nitriles is 1. The zero-order valence-electron chi connectivity index (χ0n) is 16.9. The molecule has 2 amide bonds. The third kappa shape index (κ3) is 3.29. The lowest BCUT2D eigenvalue weighted by Gasteiger charge is -2.29. The largest absolute Gasteiger partial charge is 0.341 e. The number of carbonyl (C=O) groups is 1. The number of aromatic nitrogens is 3. The quantitative estimate of drug-likeness (QED) is 0.519. The molecule has 4 aromatic rings. The summed E-state index contributed by atoms with van der Waals surface area (Å²) >= 11 is 1.53. The molecule has 0 radical (unpaired) electrons. The van der Waals surface area contributed by atoms with Crippen LogP contribution in [0.25, 0.3) is 22.3 Å². The highest BCUT2D eigenvalue weighted by molar-refractivity contribution is 7.10. The number of amides is 2. The van der Waals surface area contributed by atoms with Gasteiger partial charge in [-0.3, -0.25) is 0 Å². The number of hydrogen-bond donors (Lipinski definition) is 1. The number of fused-ring (bicyclic) bond motifs is 1. The van der Waals surface area contributed by atoms with E-state index in [1.165, 1.54) is 11.3 Å². The maximum atomic E-state index is 12.3. The SMILES string of the molecule is CC1=NC(=O)NC(c2nc3ccccc3n2C)C1c1nc(-c2ccc(C#N)cc2)cs1. The molecule has 2 aromatic carbocycles. The fraction of sp³-hybridized carbons (Fsp3) is 0.174. The molecule has 2 unspecified atom stereocenters. The van der Waals surface area contributed by atoms with Gasteiger partial charge < -0.3 is 9.88 Å². The molecule has 0 saturated carbocycles. The summed E-state index contributed by atoms with van der Waals surface area (Å²) in [5.74, 6) is 0.550. The second kappa shape index (κ2) is 7.45. The number of imidazole rings is 1. The zero-order valence-corrected chi connectivity index (χ0v) is 17.7. The Kier molecular flexibility index (Phi) is 4.60. The Morgan fingerprint density at radius 1 is 1.13 bits per heavy atom. The zero-order chi connectivity index (χ0) is 21.5. The Balaban J connectivity index is 1.57. The molecule has 0 bridgehead atoms. The molecular formula is C23H18N6OS. The number of aryl methyl sites for hydroxylation is 1. The van der Waals surface area contributed by atoms with Gasteiger partial charge in [0, 0.05) is 23.7 Å². The number of rotatable bonds is 3. The average molecular weight is 427 g/mol. The Morgan fingerprint density at radius 3 is 2.65 bits per heavy atom. The van der Waals surface area contributed by atoms with Gasteiger partial charge in [-0.2, -0.15) is 5.26 Å². The predicted molar refractivity (Wildman–Crippen MR) is 120 cm³/mol. The lowest BCUT2D eigenvalue weighted by molar-refractivity contribution is 0.242. The Morgan fingerprint density at radius 2 is 1.90 bits per heavy atom. The van der Waals surface area contributed by atoms with E-state index in [1.807, 2.05) is 60.3 Å². The second-order valence-corrected chi connectivity index (χ2v) is 8.33. The smallest absolute Gasteiger partial charge is 0.329 e. The van der Waals surface area contributed by atoms with Crippen molar-refractivity contribution >= 4 is 34.1 Å². The van der Waals surface area contributed by atoms with Crippen LogP contribution in [0.3, 0.4) is 0 Å². The van der Waals surface area contributed by atoms with Gasteiger partial charge in [-0.25, -0.2) is 19.8 Å². The molecule has 3 heterocycles. The van der Waals surface area contributed by atoms with E-state index in [9.17, 15) is 4.79 Å². The highest BCUT2D eigenvalue weighted by Crippen LogP contribution is 2.38. The molecule has 31 heavy (non-hydrogen) atoms. The summed E-state index contributed by atoms with van der Waals surface area (Å²) in [5.41, 5.74) is 4.97. The minimum atomic E-state index is -0.373. The van der Waals surface area contributed by atoms with Crippen LogP contribution in [0.2, 0.25) is 0 Å². The van der Waals surface area contributed by atoms with Gasteiger partial charge in [0.1, 0.15) is 16.9 Å². The lowest BCUT2D eigenvalue weighted by Crippen LogP contribution is -2.39. The topological polar surface area (TPSA) is 96.0 Å². The number of nitrogens with one attached hydrogen (secondary N) is 1. The molecule has 1 N–H and O–H groups in total. The van der Waals surface area contributed by atoms with E-state index in [-0.39, 0.29) is 18.0 Å². The van der Waals surface area contributed by atoms with E-state index in [2.05, 4.69) is 16.4 Å². The first kappa shape index (κ1) is 19.2. The van der Waals surface area contributed by atoms with Gasteiger partial charge in [0.2, 0.25) is 0 Å². The first-order valence-electron chi connectivity index (χ1n) is 9.78. The number of benzene rings is 2. The van der Waals surface area contributed by atoms with E-state index in [0.29, 0.717) is 11.3 Å². The van der Waals surface area contributed by atoms with Crippen molar-refractivity contribution < 1.29 is 4.79 Å². The Bertz CT molecular complexity index is 1380. The molecule has 8 heteroatoms. The third-order valence-electron chi connectivity index (χ3n) is 5.54. The first-order chi connectivity index (χ1) is 15.0. The van der Waals surface area contributed by atoms with Crippen LogP contribution in [0, 0.1) is 11.3 Å². The normalized spacial score (nSPS) is 18.5.